The number of aliphatic hydroxyl groups excluding tert-OH is 2. The normalized spacial score (nSPS) is 40.6. The third-order valence-electron chi connectivity index (χ3n) is 4.10. The summed E-state index contributed by atoms with van der Waals surface area (Å²) in [6, 6.07) is 0.363. The largest absolute Gasteiger partial charge is 0.393 e. The lowest BCUT2D eigenvalue weighted by molar-refractivity contribution is 0.0252. The van der Waals surface area contributed by atoms with Gasteiger partial charge in [-0.1, -0.05) is 12.8 Å². The number of hydrogen-bond acceptors (Lipinski definition) is 3. The monoisotopic (exact) mass is 213 g/mol. The van der Waals surface area contributed by atoms with Crippen LogP contribution in [0.4, 0.5) is 0 Å². The molecule has 0 amide bonds. The van der Waals surface area contributed by atoms with E-state index in [1.807, 2.05) is 6.92 Å². The highest BCUT2D eigenvalue weighted by Gasteiger charge is 2.34. The Kier molecular flexibility index (Phi) is 3.65. The van der Waals surface area contributed by atoms with E-state index in [9.17, 15) is 10.2 Å². The first kappa shape index (κ1) is 11.4. The quantitative estimate of drug-likeness (QED) is 0.719. The molecule has 1 saturated carbocycles. The summed E-state index contributed by atoms with van der Waals surface area (Å²) >= 11 is 0. The fourth-order valence-corrected chi connectivity index (χ4v) is 3.03. The smallest absolute Gasteiger partial charge is 0.0695 e. The Hall–Kier alpha value is -0.120. The molecule has 1 saturated heterocycles. The Morgan fingerprint density at radius 2 is 1.93 bits per heavy atom. The summed E-state index contributed by atoms with van der Waals surface area (Å²) in [5, 5.41) is 19.5. The zero-order valence-corrected chi connectivity index (χ0v) is 9.60. The van der Waals surface area contributed by atoms with Gasteiger partial charge in [0, 0.05) is 12.6 Å². The SMILES string of the molecule is CC(O)C1CCN(C2CCCCC2O)C1. The predicted octanol–water partition coefficient (Wildman–Crippen LogP) is 0.993. The number of aliphatic hydroxyl groups is 2. The van der Waals surface area contributed by atoms with Crippen LogP contribution < -0.4 is 0 Å². The first-order valence-electron chi connectivity index (χ1n) is 6.28. The molecule has 1 aliphatic carbocycles. The molecule has 2 N–H and O–H groups in total. The van der Waals surface area contributed by atoms with E-state index < -0.39 is 0 Å². The Morgan fingerprint density at radius 3 is 2.53 bits per heavy atom. The van der Waals surface area contributed by atoms with E-state index in [0.29, 0.717) is 12.0 Å². The molecule has 0 radical (unpaired) electrons. The van der Waals surface area contributed by atoms with E-state index >= 15 is 0 Å². The summed E-state index contributed by atoms with van der Waals surface area (Å²) in [5.74, 6) is 0.416. The highest BCUT2D eigenvalue weighted by Crippen LogP contribution is 2.29. The van der Waals surface area contributed by atoms with E-state index in [1.165, 1.54) is 12.8 Å². The van der Waals surface area contributed by atoms with Crippen molar-refractivity contribution in [2.75, 3.05) is 13.1 Å². The lowest BCUT2D eigenvalue weighted by Gasteiger charge is -2.35. The third-order valence-corrected chi connectivity index (χ3v) is 4.10. The summed E-state index contributed by atoms with van der Waals surface area (Å²) in [5.41, 5.74) is 0. The van der Waals surface area contributed by atoms with Gasteiger partial charge in [0.25, 0.3) is 0 Å². The lowest BCUT2D eigenvalue weighted by Crippen LogP contribution is -2.44. The molecule has 3 nitrogen and oxygen atoms in total. The molecule has 0 aromatic rings. The van der Waals surface area contributed by atoms with Crippen LogP contribution in [0.25, 0.3) is 0 Å². The number of nitrogens with zero attached hydrogens (tertiary/aromatic N) is 1. The first-order chi connectivity index (χ1) is 7.18. The lowest BCUT2D eigenvalue weighted by atomic mass is 9.91. The molecular formula is C12H23NO2. The van der Waals surface area contributed by atoms with Crippen LogP contribution in [0.15, 0.2) is 0 Å². The molecule has 1 heterocycles. The first-order valence-corrected chi connectivity index (χ1v) is 6.28. The van der Waals surface area contributed by atoms with Crippen molar-refractivity contribution < 1.29 is 10.2 Å². The number of likely N-dealkylation sites (tertiary alicyclic amines) is 1. The number of hydrogen-bond donors (Lipinski definition) is 2. The highest BCUT2D eigenvalue weighted by atomic mass is 16.3. The molecule has 0 aromatic carbocycles. The van der Waals surface area contributed by atoms with E-state index in [1.54, 1.807) is 0 Å². The maximum atomic E-state index is 9.95. The van der Waals surface area contributed by atoms with Crippen LogP contribution >= 0.6 is 0 Å². The fourth-order valence-electron chi connectivity index (χ4n) is 3.03. The van der Waals surface area contributed by atoms with Crippen LogP contribution in [0, 0.1) is 5.92 Å². The Bertz CT molecular complexity index is 208. The van der Waals surface area contributed by atoms with Gasteiger partial charge in [0.2, 0.25) is 0 Å². The average molecular weight is 213 g/mol. The fraction of sp³-hybridized carbons (Fsp3) is 1.00. The second kappa shape index (κ2) is 4.81. The van der Waals surface area contributed by atoms with Gasteiger partial charge in [0.05, 0.1) is 12.2 Å². The zero-order valence-electron chi connectivity index (χ0n) is 9.60. The van der Waals surface area contributed by atoms with Gasteiger partial charge >= 0.3 is 0 Å². The van der Waals surface area contributed by atoms with Crippen LogP contribution in [-0.2, 0) is 0 Å². The molecule has 1 aliphatic heterocycles. The zero-order chi connectivity index (χ0) is 10.8. The van der Waals surface area contributed by atoms with Gasteiger partial charge in [0.1, 0.15) is 0 Å². The van der Waals surface area contributed by atoms with Crippen molar-refractivity contribution in [3.8, 4) is 0 Å². The minimum atomic E-state index is -0.198. The van der Waals surface area contributed by atoms with Gasteiger partial charge < -0.3 is 10.2 Å². The van der Waals surface area contributed by atoms with Crippen molar-refractivity contribution in [1.29, 1.82) is 0 Å². The maximum absolute atomic E-state index is 9.95. The summed E-state index contributed by atoms with van der Waals surface area (Å²) in [6.45, 7) is 3.90. The topological polar surface area (TPSA) is 43.7 Å². The van der Waals surface area contributed by atoms with Crippen LogP contribution in [0.2, 0.25) is 0 Å². The molecule has 3 heteroatoms. The summed E-state index contributed by atoms with van der Waals surface area (Å²) in [7, 11) is 0. The predicted molar refractivity (Wildman–Crippen MR) is 59.6 cm³/mol. The van der Waals surface area contributed by atoms with Gasteiger partial charge in [-0.2, -0.15) is 0 Å². The van der Waals surface area contributed by atoms with Gasteiger partial charge in [-0.3, -0.25) is 4.90 Å². The van der Waals surface area contributed by atoms with Crippen molar-refractivity contribution in [2.45, 2.75) is 57.3 Å². The van der Waals surface area contributed by atoms with Crippen LogP contribution in [0.5, 0.6) is 0 Å². The average Bonchev–Trinajstić information content (AvgIpc) is 2.67. The van der Waals surface area contributed by atoms with Gasteiger partial charge in [-0.15, -0.1) is 0 Å². The summed E-state index contributed by atoms with van der Waals surface area (Å²) in [4.78, 5) is 2.39. The molecule has 4 atom stereocenters. The Morgan fingerprint density at radius 1 is 1.20 bits per heavy atom. The van der Waals surface area contributed by atoms with Crippen LogP contribution in [0.3, 0.4) is 0 Å². The van der Waals surface area contributed by atoms with Gasteiger partial charge in [-0.25, -0.2) is 0 Å². The molecule has 88 valence electrons. The van der Waals surface area contributed by atoms with E-state index in [2.05, 4.69) is 4.90 Å². The van der Waals surface area contributed by atoms with Crippen molar-refractivity contribution in [1.82, 2.24) is 4.90 Å². The maximum Gasteiger partial charge on any atom is 0.0695 e. The van der Waals surface area contributed by atoms with Gasteiger partial charge in [-0.05, 0) is 38.6 Å². The van der Waals surface area contributed by atoms with Crippen molar-refractivity contribution >= 4 is 0 Å². The van der Waals surface area contributed by atoms with Crippen LogP contribution in [0.1, 0.15) is 39.0 Å². The van der Waals surface area contributed by atoms with E-state index in [0.717, 1.165) is 32.4 Å². The minimum absolute atomic E-state index is 0.133. The molecule has 0 aromatic heterocycles. The molecule has 2 rings (SSSR count). The van der Waals surface area contributed by atoms with E-state index in [4.69, 9.17) is 0 Å². The molecule has 4 unspecified atom stereocenters. The second-order valence-corrected chi connectivity index (χ2v) is 5.20. The molecule has 0 spiro atoms. The second-order valence-electron chi connectivity index (χ2n) is 5.20. The van der Waals surface area contributed by atoms with Gasteiger partial charge in [0.15, 0.2) is 0 Å². The van der Waals surface area contributed by atoms with Crippen LogP contribution in [-0.4, -0.2) is 46.5 Å². The van der Waals surface area contributed by atoms with Crippen molar-refractivity contribution in [2.24, 2.45) is 5.92 Å². The standard InChI is InChI=1S/C12H23NO2/c1-9(14)10-6-7-13(8-10)11-4-2-3-5-12(11)15/h9-12,14-15H,2-8H2,1H3. The minimum Gasteiger partial charge on any atom is -0.393 e. The molecule has 0 bridgehead atoms. The van der Waals surface area contributed by atoms with Crippen molar-refractivity contribution in [3.05, 3.63) is 0 Å². The summed E-state index contributed by atoms with van der Waals surface area (Å²) < 4.78 is 0. The van der Waals surface area contributed by atoms with Crippen molar-refractivity contribution in [3.63, 3.8) is 0 Å². The molecule has 2 fully saturated rings. The Balaban J connectivity index is 1.89. The summed E-state index contributed by atoms with van der Waals surface area (Å²) in [6.07, 6.45) is 5.26. The van der Waals surface area contributed by atoms with E-state index in [-0.39, 0.29) is 12.2 Å². The molecule has 2 aliphatic rings. The third kappa shape index (κ3) is 2.52. The molecular weight excluding hydrogens is 190 g/mol. The Labute approximate surface area is 92.1 Å². The highest BCUT2D eigenvalue weighted by molar-refractivity contribution is 4.89. The number of rotatable bonds is 2. The molecule has 15 heavy (non-hydrogen) atoms.